The highest BCUT2D eigenvalue weighted by Crippen LogP contribution is 2.44. The fourth-order valence-electron chi connectivity index (χ4n) is 6.21. The Balaban J connectivity index is 1.45. The van der Waals surface area contributed by atoms with E-state index in [0.717, 1.165) is 48.1 Å². The van der Waals surface area contributed by atoms with Crippen LogP contribution in [0.3, 0.4) is 0 Å². The summed E-state index contributed by atoms with van der Waals surface area (Å²) in [6, 6.07) is 18.4. The fourth-order valence-corrected chi connectivity index (χ4v) is 6.21. The molecule has 3 aromatic carbocycles. The number of phenols is 1. The minimum absolute atomic E-state index is 0.0408. The minimum atomic E-state index is -0.494. The van der Waals surface area contributed by atoms with Crippen LogP contribution in [0.25, 0.3) is 21.7 Å². The normalized spacial score (nSPS) is 23.6. The lowest BCUT2D eigenvalue weighted by molar-refractivity contribution is -0.0567. The van der Waals surface area contributed by atoms with Gasteiger partial charge in [0.2, 0.25) is 0 Å². The lowest BCUT2D eigenvalue weighted by Gasteiger charge is -2.51. The van der Waals surface area contributed by atoms with Crippen molar-refractivity contribution >= 4 is 27.6 Å². The lowest BCUT2D eigenvalue weighted by Crippen LogP contribution is -2.55. The summed E-state index contributed by atoms with van der Waals surface area (Å²) in [7, 11) is 1.64. The van der Waals surface area contributed by atoms with Gasteiger partial charge in [0, 0.05) is 29.1 Å². The van der Waals surface area contributed by atoms with Gasteiger partial charge in [0.25, 0.3) is 0 Å². The van der Waals surface area contributed by atoms with Crippen molar-refractivity contribution in [1.29, 1.82) is 0 Å². The maximum atomic E-state index is 13.8. The Morgan fingerprint density at radius 1 is 1.14 bits per heavy atom. The summed E-state index contributed by atoms with van der Waals surface area (Å²) in [4.78, 5) is 20.8. The van der Waals surface area contributed by atoms with Crippen LogP contribution < -0.4 is 4.74 Å². The van der Waals surface area contributed by atoms with E-state index in [1.807, 2.05) is 36.4 Å². The smallest absolute Gasteiger partial charge is 0.339 e. The van der Waals surface area contributed by atoms with Gasteiger partial charge in [0.1, 0.15) is 17.6 Å². The van der Waals surface area contributed by atoms with Crippen LogP contribution in [0.5, 0.6) is 11.5 Å². The molecule has 2 bridgehead atoms. The Labute approximate surface area is 216 Å². The third kappa shape index (κ3) is 4.11. The maximum Gasteiger partial charge on any atom is 0.339 e. The van der Waals surface area contributed by atoms with Gasteiger partial charge >= 0.3 is 5.97 Å². The summed E-state index contributed by atoms with van der Waals surface area (Å²) in [5.41, 5.74) is 2.19. The molecule has 6 nitrogen and oxygen atoms in total. The van der Waals surface area contributed by atoms with Crippen molar-refractivity contribution in [3.8, 4) is 11.5 Å². The second kappa shape index (κ2) is 9.52. The van der Waals surface area contributed by atoms with E-state index in [0.29, 0.717) is 28.2 Å². The third-order valence-electron chi connectivity index (χ3n) is 8.15. The summed E-state index contributed by atoms with van der Waals surface area (Å²) in [5.74, 6) is 1.44. The van der Waals surface area contributed by atoms with Gasteiger partial charge in [0.05, 0.1) is 24.2 Å². The molecule has 0 radical (unpaired) electrons. The molecule has 0 aliphatic carbocycles. The number of phenolic OH excluding ortho intramolecular Hbond substituents is 1. The number of ether oxygens (including phenoxy) is 2. The summed E-state index contributed by atoms with van der Waals surface area (Å²) in [6.45, 7) is 5.95. The average Bonchev–Trinajstić information content (AvgIpc) is 2.95. The number of piperidine rings is 3. The van der Waals surface area contributed by atoms with Gasteiger partial charge in [-0.15, -0.1) is 6.58 Å². The number of carbonyl (C=O) groups excluding carboxylic acids is 1. The molecule has 0 spiro atoms. The van der Waals surface area contributed by atoms with Crippen molar-refractivity contribution < 1.29 is 19.4 Å². The average molecular weight is 495 g/mol. The molecular formula is C31H30N2O4. The molecule has 1 aromatic heterocycles. The van der Waals surface area contributed by atoms with E-state index in [9.17, 15) is 9.90 Å². The van der Waals surface area contributed by atoms with Gasteiger partial charge in [-0.25, -0.2) is 4.79 Å². The highest BCUT2D eigenvalue weighted by atomic mass is 16.5. The highest BCUT2D eigenvalue weighted by molar-refractivity contribution is 6.06. The number of esters is 1. The van der Waals surface area contributed by atoms with Crippen LogP contribution >= 0.6 is 0 Å². The number of carbonyl (C=O) groups is 1. The van der Waals surface area contributed by atoms with Gasteiger partial charge < -0.3 is 14.6 Å². The van der Waals surface area contributed by atoms with Crippen molar-refractivity contribution in [2.24, 2.45) is 11.8 Å². The first-order valence-corrected chi connectivity index (χ1v) is 12.8. The summed E-state index contributed by atoms with van der Waals surface area (Å²) < 4.78 is 12.0. The van der Waals surface area contributed by atoms with Crippen LogP contribution in [0.1, 0.15) is 34.9 Å². The monoisotopic (exact) mass is 494 g/mol. The van der Waals surface area contributed by atoms with E-state index >= 15 is 0 Å². The summed E-state index contributed by atoms with van der Waals surface area (Å²) in [5, 5.41) is 12.6. The van der Waals surface area contributed by atoms with E-state index in [-0.39, 0.29) is 11.8 Å². The SMILES string of the molecule is C=C[C@H]1CN2CC[C@H]1C[C@H]2[C@H](OC(=O)c1cccc2c(O)cccc12)c1ccnc2ccc(OC)cc12. The predicted octanol–water partition coefficient (Wildman–Crippen LogP) is 5.90. The Hall–Kier alpha value is -3.90. The Morgan fingerprint density at radius 3 is 2.76 bits per heavy atom. The Bertz CT molecular complexity index is 1500. The van der Waals surface area contributed by atoms with Crippen molar-refractivity contribution in [2.45, 2.75) is 25.0 Å². The molecule has 6 heteroatoms. The largest absolute Gasteiger partial charge is 0.507 e. The molecule has 0 amide bonds. The molecule has 1 unspecified atom stereocenters. The first-order chi connectivity index (χ1) is 18.1. The molecule has 4 heterocycles. The molecule has 1 N–H and O–H groups in total. The number of aromatic hydroxyl groups is 1. The van der Waals surface area contributed by atoms with Gasteiger partial charge in [-0.1, -0.05) is 30.3 Å². The van der Waals surface area contributed by atoms with E-state index in [1.54, 1.807) is 37.6 Å². The molecule has 3 aliphatic rings. The van der Waals surface area contributed by atoms with Crippen molar-refractivity contribution in [1.82, 2.24) is 9.88 Å². The zero-order valence-electron chi connectivity index (χ0n) is 20.8. The standard InChI is InChI=1S/C31H30N2O4/c1-3-19-18-33-15-13-20(19)16-28(33)30(24-12-14-32-27-11-10-21(36-2)17-26(24)27)37-31(35)25-8-4-7-23-22(25)6-5-9-29(23)34/h3-12,14,17,19-20,28,30,34H,1,13,15-16,18H2,2H3/t19-,20-,28-,30+/m0/s1. The van der Waals surface area contributed by atoms with Crippen LogP contribution in [0, 0.1) is 11.8 Å². The second-order valence-corrected chi connectivity index (χ2v) is 10.0. The number of rotatable bonds is 6. The predicted molar refractivity (Wildman–Crippen MR) is 144 cm³/mol. The fraction of sp³-hybridized carbons (Fsp3) is 0.290. The highest BCUT2D eigenvalue weighted by Gasteiger charge is 2.44. The van der Waals surface area contributed by atoms with Crippen molar-refractivity contribution in [2.75, 3.05) is 20.2 Å². The number of fused-ring (bicyclic) bond motifs is 5. The molecule has 37 heavy (non-hydrogen) atoms. The van der Waals surface area contributed by atoms with E-state index in [1.165, 1.54) is 0 Å². The molecule has 5 atom stereocenters. The summed E-state index contributed by atoms with van der Waals surface area (Å²) in [6.07, 6.45) is 5.42. The van der Waals surface area contributed by atoms with Gasteiger partial charge in [-0.05, 0) is 73.0 Å². The van der Waals surface area contributed by atoms with Crippen molar-refractivity contribution in [3.05, 3.63) is 90.6 Å². The van der Waals surface area contributed by atoms with Crippen LogP contribution in [0.2, 0.25) is 0 Å². The maximum absolute atomic E-state index is 13.8. The van der Waals surface area contributed by atoms with Gasteiger partial charge in [-0.3, -0.25) is 9.88 Å². The van der Waals surface area contributed by atoms with E-state index in [4.69, 9.17) is 9.47 Å². The number of nitrogens with zero attached hydrogens (tertiary/aromatic N) is 2. The molecule has 188 valence electrons. The molecule has 3 aliphatic heterocycles. The lowest BCUT2D eigenvalue weighted by atomic mass is 9.73. The number of hydrogen-bond donors (Lipinski definition) is 1. The first kappa shape index (κ1) is 23.5. The first-order valence-electron chi connectivity index (χ1n) is 12.8. The number of methoxy groups -OCH3 is 1. The van der Waals surface area contributed by atoms with Crippen LogP contribution in [-0.2, 0) is 4.74 Å². The Kier molecular flexibility index (Phi) is 6.05. The minimum Gasteiger partial charge on any atom is -0.507 e. The van der Waals surface area contributed by atoms with Crippen LogP contribution in [0.15, 0.2) is 79.5 Å². The zero-order chi connectivity index (χ0) is 25.5. The molecule has 7 rings (SSSR count). The quantitative estimate of drug-likeness (QED) is 0.266. The van der Waals surface area contributed by atoms with E-state index < -0.39 is 12.1 Å². The topological polar surface area (TPSA) is 71.9 Å². The molecule has 0 saturated carbocycles. The summed E-state index contributed by atoms with van der Waals surface area (Å²) >= 11 is 0. The van der Waals surface area contributed by atoms with Crippen LogP contribution in [0.4, 0.5) is 0 Å². The molecule has 4 aromatic rings. The molecular weight excluding hydrogens is 464 g/mol. The van der Waals surface area contributed by atoms with Crippen molar-refractivity contribution in [3.63, 3.8) is 0 Å². The number of benzene rings is 3. The third-order valence-corrected chi connectivity index (χ3v) is 8.15. The number of aromatic nitrogens is 1. The van der Waals surface area contributed by atoms with Crippen LogP contribution in [-0.4, -0.2) is 47.2 Å². The second-order valence-electron chi connectivity index (χ2n) is 10.0. The van der Waals surface area contributed by atoms with Gasteiger partial charge in [-0.2, -0.15) is 0 Å². The zero-order valence-corrected chi connectivity index (χ0v) is 20.8. The number of hydrogen-bond acceptors (Lipinski definition) is 6. The Morgan fingerprint density at radius 2 is 1.97 bits per heavy atom. The molecule has 3 saturated heterocycles. The molecule has 3 fully saturated rings. The van der Waals surface area contributed by atoms with Gasteiger partial charge in [0.15, 0.2) is 0 Å². The number of pyridine rings is 1. The van der Waals surface area contributed by atoms with E-state index in [2.05, 4.69) is 22.5 Å².